The number of rotatable bonds is 8. The van der Waals surface area contributed by atoms with Gasteiger partial charge in [0.15, 0.2) is 18.1 Å². The topological polar surface area (TPSA) is 48.3 Å². The van der Waals surface area contributed by atoms with Crippen LogP contribution in [-0.2, 0) is 19.6 Å². The molecule has 2 rings (SSSR count). The summed E-state index contributed by atoms with van der Waals surface area (Å²) in [6.07, 6.45) is -0.624. The predicted octanol–water partition coefficient (Wildman–Crippen LogP) is 3.14. The van der Waals surface area contributed by atoms with E-state index >= 15 is 0 Å². The Kier molecular flexibility index (Phi) is 6.08. The van der Waals surface area contributed by atoms with Crippen molar-refractivity contribution in [3.05, 3.63) is 41.7 Å². The Bertz CT molecular complexity index is 656. The second-order valence-corrected chi connectivity index (χ2v) is 5.20. The summed E-state index contributed by atoms with van der Waals surface area (Å²) in [7, 11) is 1.39. The second kappa shape index (κ2) is 8.05. The highest BCUT2D eigenvalue weighted by Gasteiger charge is 2.29. The van der Waals surface area contributed by atoms with Crippen molar-refractivity contribution < 1.29 is 22.6 Å². The van der Waals surface area contributed by atoms with Gasteiger partial charge in [0.25, 0.3) is 0 Å². The van der Waals surface area contributed by atoms with Gasteiger partial charge in [0, 0.05) is 31.4 Å². The Morgan fingerprint density at radius 2 is 1.92 bits per heavy atom. The molecule has 1 N–H and O–H groups in total. The molecule has 0 aliphatic carbocycles. The fourth-order valence-corrected chi connectivity index (χ4v) is 2.12. The largest absolute Gasteiger partial charge is 0.493 e. The molecule has 0 amide bonds. The molecular formula is C16H20F3N3O2. The molecule has 1 aromatic heterocycles. The van der Waals surface area contributed by atoms with E-state index in [0.717, 1.165) is 17.7 Å². The van der Waals surface area contributed by atoms with Gasteiger partial charge >= 0.3 is 6.18 Å². The molecule has 0 aliphatic heterocycles. The third kappa shape index (κ3) is 5.45. The molecule has 132 valence electrons. The van der Waals surface area contributed by atoms with E-state index in [-0.39, 0.29) is 11.5 Å². The standard InChI is InChI=1S/C16H20F3N3O2/c1-3-22-10-13(9-21-22)8-20-7-12-4-5-14(15(6-12)23-2)24-11-16(17,18)19/h4-6,9-10,20H,3,7-8,11H2,1-2H3. The van der Waals surface area contributed by atoms with Crippen LogP contribution in [0.2, 0.25) is 0 Å². The first-order valence-electron chi connectivity index (χ1n) is 7.50. The number of methoxy groups -OCH3 is 1. The van der Waals surface area contributed by atoms with Crippen LogP contribution in [0.5, 0.6) is 11.5 Å². The molecule has 0 saturated heterocycles. The third-order valence-corrected chi connectivity index (χ3v) is 3.29. The van der Waals surface area contributed by atoms with Crippen molar-refractivity contribution in [3.63, 3.8) is 0 Å². The maximum absolute atomic E-state index is 12.2. The summed E-state index contributed by atoms with van der Waals surface area (Å²) in [5, 5.41) is 7.44. The van der Waals surface area contributed by atoms with Gasteiger partial charge in [0.1, 0.15) is 0 Å². The molecule has 0 atom stereocenters. The van der Waals surface area contributed by atoms with Crippen molar-refractivity contribution in [2.45, 2.75) is 32.7 Å². The van der Waals surface area contributed by atoms with Crippen molar-refractivity contribution in [1.82, 2.24) is 15.1 Å². The number of nitrogens with one attached hydrogen (secondary N) is 1. The van der Waals surface area contributed by atoms with Crippen molar-refractivity contribution in [2.75, 3.05) is 13.7 Å². The maximum atomic E-state index is 12.2. The lowest BCUT2D eigenvalue weighted by Gasteiger charge is -2.13. The van der Waals surface area contributed by atoms with Gasteiger partial charge in [-0.05, 0) is 24.6 Å². The van der Waals surface area contributed by atoms with Crippen LogP contribution in [0.15, 0.2) is 30.6 Å². The van der Waals surface area contributed by atoms with Crippen molar-refractivity contribution in [1.29, 1.82) is 0 Å². The van der Waals surface area contributed by atoms with Crippen LogP contribution >= 0.6 is 0 Å². The Balaban J connectivity index is 1.91. The molecule has 1 heterocycles. The Hall–Kier alpha value is -2.22. The molecule has 1 aromatic carbocycles. The van der Waals surface area contributed by atoms with E-state index in [4.69, 9.17) is 9.47 Å². The van der Waals surface area contributed by atoms with Gasteiger partial charge in [0.2, 0.25) is 0 Å². The first kappa shape index (κ1) is 18.1. The van der Waals surface area contributed by atoms with Crippen LogP contribution in [0, 0.1) is 0 Å². The van der Waals surface area contributed by atoms with Crippen LogP contribution in [-0.4, -0.2) is 29.7 Å². The van der Waals surface area contributed by atoms with Gasteiger partial charge in [-0.15, -0.1) is 0 Å². The highest BCUT2D eigenvalue weighted by atomic mass is 19.4. The molecule has 0 spiro atoms. The molecule has 0 unspecified atom stereocenters. The molecule has 2 aromatic rings. The molecule has 24 heavy (non-hydrogen) atoms. The number of hydrogen-bond donors (Lipinski definition) is 1. The summed E-state index contributed by atoms with van der Waals surface area (Å²) in [6.45, 7) is 2.68. The highest BCUT2D eigenvalue weighted by Crippen LogP contribution is 2.29. The molecular weight excluding hydrogens is 323 g/mol. The van der Waals surface area contributed by atoms with Crippen LogP contribution in [0.1, 0.15) is 18.1 Å². The summed E-state index contributed by atoms with van der Waals surface area (Å²) in [5.41, 5.74) is 1.95. The van der Waals surface area contributed by atoms with Gasteiger partial charge in [0.05, 0.1) is 13.3 Å². The van der Waals surface area contributed by atoms with Gasteiger partial charge in [-0.2, -0.15) is 18.3 Å². The Morgan fingerprint density at radius 1 is 1.17 bits per heavy atom. The van der Waals surface area contributed by atoms with Crippen LogP contribution in [0.4, 0.5) is 13.2 Å². The smallest absolute Gasteiger partial charge is 0.422 e. The molecule has 8 heteroatoms. The van der Waals surface area contributed by atoms with E-state index in [1.54, 1.807) is 18.3 Å². The molecule has 0 saturated carbocycles. The molecule has 5 nitrogen and oxygen atoms in total. The third-order valence-electron chi connectivity index (χ3n) is 3.29. The zero-order valence-corrected chi connectivity index (χ0v) is 13.6. The zero-order valence-electron chi connectivity index (χ0n) is 13.6. The van der Waals surface area contributed by atoms with Gasteiger partial charge in [-0.3, -0.25) is 4.68 Å². The second-order valence-electron chi connectivity index (χ2n) is 5.20. The normalized spacial score (nSPS) is 11.5. The van der Waals surface area contributed by atoms with Crippen molar-refractivity contribution in [3.8, 4) is 11.5 Å². The summed E-state index contributed by atoms with van der Waals surface area (Å²) in [6, 6.07) is 4.85. The van der Waals surface area contributed by atoms with E-state index < -0.39 is 12.8 Å². The minimum Gasteiger partial charge on any atom is -0.493 e. The maximum Gasteiger partial charge on any atom is 0.422 e. The summed E-state index contributed by atoms with van der Waals surface area (Å²) in [4.78, 5) is 0. The number of benzene rings is 1. The minimum absolute atomic E-state index is 0.0720. The molecule has 0 fully saturated rings. The number of halogens is 3. The molecule has 0 aliphatic rings. The average molecular weight is 343 g/mol. The summed E-state index contributed by atoms with van der Waals surface area (Å²) >= 11 is 0. The average Bonchev–Trinajstić information content (AvgIpc) is 3.00. The van der Waals surface area contributed by atoms with Crippen LogP contribution in [0.25, 0.3) is 0 Å². The van der Waals surface area contributed by atoms with E-state index in [1.165, 1.54) is 13.2 Å². The zero-order chi connectivity index (χ0) is 17.6. The Labute approximate surface area is 138 Å². The SMILES string of the molecule is CCn1cc(CNCc2ccc(OCC(F)(F)F)c(OC)c2)cn1. The van der Waals surface area contributed by atoms with E-state index in [0.29, 0.717) is 13.1 Å². The number of nitrogens with zero attached hydrogens (tertiary/aromatic N) is 2. The van der Waals surface area contributed by atoms with E-state index in [2.05, 4.69) is 10.4 Å². The Morgan fingerprint density at radius 3 is 2.54 bits per heavy atom. The quantitative estimate of drug-likeness (QED) is 0.800. The molecule has 0 bridgehead atoms. The lowest BCUT2D eigenvalue weighted by atomic mass is 10.2. The van der Waals surface area contributed by atoms with Crippen LogP contribution < -0.4 is 14.8 Å². The van der Waals surface area contributed by atoms with Crippen LogP contribution in [0.3, 0.4) is 0 Å². The van der Waals surface area contributed by atoms with Crippen molar-refractivity contribution in [2.24, 2.45) is 0 Å². The highest BCUT2D eigenvalue weighted by molar-refractivity contribution is 5.43. The number of hydrogen-bond acceptors (Lipinski definition) is 4. The fourth-order valence-electron chi connectivity index (χ4n) is 2.12. The lowest BCUT2D eigenvalue weighted by Crippen LogP contribution is -2.19. The minimum atomic E-state index is -4.38. The number of ether oxygens (including phenoxy) is 2. The summed E-state index contributed by atoms with van der Waals surface area (Å²) in [5.74, 6) is 0.347. The fraction of sp³-hybridized carbons (Fsp3) is 0.438. The van der Waals surface area contributed by atoms with E-state index in [1.807, 2.05) is 17.8 Å². The van der Waals surface area contributed by atoms with E-state index in [9.17, 15) is 13.2 Å². The van der Waals surface area contributed by atoms with Gasteiger partial charge in [-0.1, -0.05) is 6.07 Å². The predicted molar refractivity (Wildman–Crippen MR) is 83.0 cm³/mol. The lowest BCUT2D eigenvalue weighted by molar-refractivity contribution is -0.153. The number of alkyl halides is 3. The first-order chi connectivity index (χ1) is 11.4. The first-order valence-corrected chi connectivity index (χ1v) is 7.50. The van der Waals surface area contributed by atoms with Crippen molar-refractivity contribution >= 4 is 0 Å². The summed E-state index contributed by atoms with van der Waals surface area (Å²) < 4.78 is 48.4. The number of aromatic nitrogens is 2. The number of aryl methyl sites for hydroxylation is 1. The van der Waals surface area contributed by atoms with Gasteiger partial charge < -0.3 is 14.8 Å². The van der Waals surface area contributed by atoms with Gasteiger partial charge in [-0.25, -0.2) is 0 Å². The monoisotopic (exact) mass is 343 g/mol. The molecule has 0 radical (unpaired) electrons.